The van der Waals surface area contributed by atoms with E-state index in [4.69, 9.17) is 32.9 Å². The van der Waals surface area contributed by atoms with E-state index in [0.717, 1.165) is 12.8 Å². The van der Waals surface area contributed by atoms with Crippen molar-refractivity contribution in [1.82, 2.24) is 19.4 Å². The number of sulfonamides is 1. The Labute approximate surface area is 239 Å². The smallest absolute Gasteiger partial charge is 0.264 e. The van der Waals surface area contributed by atoms with Crippen molar-refractivity contribution in [3.63, 3.8) is 0 Å². The van der Waals surface area contributed by atoms with Crippen LogP contribution in [0.5, 0.6) is 5.75 Å². The summed E-state index contributed by atoms with van der Waals surface area (Å²) < 4.78 is 51.9. The summed E-state index contributed by atoms with van der Waals surface area (Å²) in [5.41, 5.74) is 1.48. The van der Waals surface area contributed by atoms with Crippen molar-refractivity contribution in [2.45, 2.75) is 23.8 Å². The van der Waals surface area contributed by atoms with Crippen molar-refractivity contribution < 1.29 is 17.5 Å². The summed E-state index contributed by atoms with van der Waals surface area (Å²) in [6, 6.07) is 14.1. The number of ether oxygens (including phenoxy) is 1. The monoisotopic (exact) mass is 598 g/mol. The van der Waals surface area contributed by atoms with E-state index in [9.17, 15) is 8.42 Å². The number of hydrogen-bond donors (Lipinski definition) is 2. The van der Waals surface area contributed by atoms with Crippen molar-refractivity contribution in [3.8, 4) is 28.4 Å². The second-order valence-corrected chi connectivity index (χ2v) is 11.5. The maximum atomic E-state index is 16.1. The maximum Gasteiger partial charge on any atom is 0.264 e. The molecule has 0 bridgehead atoms. The summed E-state index contributed by atoms with van der Waals surface area (Å²) in [7, 11) is -2.79. The van der Waals surface area contributed by atoms with Gasteiger partial charge in [0.05, 0.1) is 34.2 Å². The number of anilines is 2. The number of pyridine rings is 1. The number of benzene rings is 2. The lowest BCUT2D eigenvalue weighted by molar-refractivity contribution is 0.414. The van der Waals surface area contributed by atoms with Gasteiger partial charge in [-0.2, -0.15) is 0 Å². The van der Waals surface area contributed by atoms with Gasteiger partial charge in [-0.15, -0.1) is 0 Å². The minimum absolute atomic E-state index is 0.0541. The molecule has 204 valence electrons. The van der Waals surface area contributed by atoms with E-state index in [1.165, 1.54) is 43.5 Å². The maximum absolute atomic E-state index is 16.1. The van der Waals surface area contributed by atoms with Gasteiger partial charge in [0.1, 0.15) is 22.0 Å². The summed E-state index contributed by atoms with van der Waals surface area (Å²) >= 11 is 12.2. The van der Waals surface area contributed by atoms with Gasteiger partial charge >= 0.3 is 0 Å². The molecule has 1 fully saturated rings. The molecule has 0 amide bonds. The van der Waals surface area contributed by atoms with Crippen LogP contribution in [0.3, 0.4) is 0 Å². The number of nitrogens with zero attached hydrogens (tertiary/aromatic N) is 4. The van der Waals surface area contributed by atoms with Crippen LogP contribution in [0, 0.1) is 5.82 Å². The zero-order chi connectivity index (χ0) is 28.0. The van der Waals surface area contributed by atoms with Crippen LogP contribution in [0.4, 0.5) is 16.0 Å². The number of nitrogens with one attached hydrogen (secondary N) is 2. The molecule has 2 N–H and O–H groups in total. The second kappa shape index (κ2) is 10.2. The van der Waals surface area contributed by atoms with Crippen molar-refractivity contribution in [3.05, 3.63) is 82.9 Å². The predicted octanol–water partition coefficient (Wildman–Crippen LogP) is 6.29. The predicted molar refractivity (Wildman–Crippen MR) is 152 cm³/mol. The van der Waals surface area contributed by atoms with Gasteiger partial charge in [-0.3, -0.25) is 9.12 Å². The van der Waals surface area contributed by atoms with Gasteiger partial charge in [0.2, 0.25) is 5.95 Å². The average Bonchev–Trinajstić information content (AvgIpc) is 3.66. The molecular formula is C27H21Cl2FN6O3S. The van der Waals surface area contributed by atoms with Crippen molar-refractivity contribution in [2.24, 2.45) is 0 Å². The number of rotatable bonds is 8. The number of methoxy groups -OCH3 is 1. The Bertz CT molecular complexity index is 1860. The fourth-order valence-electron chi connectivity index (χ4n) is 4.28. The largest absolute Gasteiger partial charge is 0.497 e. The molecule has 40 heavy (non-hydrogen) atoms. The summed E-state index contributed by atoms with van der Waals surface area (Å²) in [5, 5.41) is 3.09. The first-order chi connectivity index (χ1) is 19.2. The molecule has 0 radical (unpaired) electrons. The molecule has 9 nitrogen and oxygen atoms in total. The van der Waals surface area contributed by atoms with Crippen LogP contribution < -0.4 is 14.8 Å². The van der Waals surface area contributed by atoms with Gasteiger partial charge < -0.3 is 10.1 Å². The van der Waals surface area contributed by atoms with E-state index in [1.807, 2.05) is 0 Å². The Balaban J connectivity index is 1.49. The highest BCUT2D eigenvalue weighted by Gasteiger charge is 2.27. The summed E-state index contributed by atoms with van der Waals surface area (Å²) in [4.78, 5) is 13.3. The summed E-state index contributed by atoms with van der Waals surface area (Å²) in [5.74, 6) is 0.178. The van der Waals surface area contributed by atoms with Gasteiger partial charge in [0, 0.05) is 30.1 Å². The SMILES string of the molecule is COc1ccn2c(-c3ccnc(NC4CC4)n3)c(-c3cccc(NS(=O)(=O)c4c(Cl)cccc4Cl)c3F)nc2c1. The number of imidazole rings is 1. The van der Waals surface area contributed by atoms with E-state index in [0.29, 0.717) is 34.8 Å². The minimum Gasteiger partial charge on any atom is -0.497 e. The van der Waals surface area contributed by atoms with Gasteiger partial charge in [0.15, 0.2) is 5.82 Å². The van der Waals surface area contributed by atoms with Crippen molar-refractivity contribution in [1.29, 1.82) is 0 Å². The molecule has 0 unspecified atom stereocenters. The lowest BCUT2D eigenvalue weighted by Gasteiger charge is -2.13. The molecule has 1 saturated carbocycles. The van der Waals surface area contributed by atoms with Gasteiger partial charge in [0.25, 0.3) is 10.0 Å². The van der Waals surface area contributed by atoms with E-state index in [1.54, 1.807) is 35.0 Å². The van der Waals surface area contributed by atoms with Crippen LogP contribution in [-0.2, 0) is 10.0 Å². The van der Waals surface area contributed by atoms with Crippen LogP contribution in [-0.4, -0.2) is 40.9 Å². The molecule has 0 spiro atoms. The first-order valence-electron chi connectivity index (χ1n) is 12.2. The van der Waals surface area contributed by atoms with Crippen LogP contribution in [0.2, 0.25) is 10.0 Å². The highest BCUT2D eigenvalue weighted by molar-refractivity contribution is 7.93. The molecule has 0 saturated heterocycles. The van der Waals surface area contributed by atoms with Crippen LogP contribution >= 0.6 is 23.2 Å². The number of aromatic nitrogens is 4. The van der Waals surface area contributed by atoms with Gasteiger partial charge in [-0.1, -0.05) is 35.3 Å². The van der Waals surface area contributed by atoms with E-state index in [-0.39, 0.29) is 31.9 Å². The average molecular weight is 599 g/mol. The first kappa shape index (κ1) is 26.3. The molecule has 2 aromatic carbocycles. The third-order valence-corrected chi connectivity index (χ3v) is 8.65. The Hall–Kier alpha value is -3.93. The third kappa shape index (κ3) is 4.91. The van der Waals surface area contributed by atoms with Gasteiger partial charge in [-0.05, 0) is 49.2 Å². The Morgan fingerprint density at radius 1 is 1.05 bits per heavy atom. The molecule has 1 aliphatic carbocycles. The van der Waals surface area contributed by atoms with Gasteiger partial charge in [-0.25, -0.2) is 27.8 Å². The molecule has 1 aliphatic rings. The first-order valence-corrected chi connectivity index (χ1v) is 14.4. The highest BCUT2D eigenvalue weighted by atomic mass is 35.5. The molecule has 5 aromatic rings. The third-order valence-electron chi connectivity index (χ3n) is 6.33. The molecule has 3 heterocycles. The van der Waals surface area contributed by atoms with E-state index >= 15 is 4.39 Å². The number of fused-ring (bicyclic) bond motifs is 1. The lowest BCUT2D eigenvalue weighted by Crippen LogP contribution is -2.15. The summed E-state index contributed by atoms with van der Waals surface area (Å²) in [6.07, 6.45) is 5.46. The highest BCUT2D eigenvalue weighted by Crippen LogP contribution is 2.38. The Kier molecular flexibility index (Phi) is 6.73. The quantitative estimate of drug-likeness (QED) is 0.216. The molecule has 3 aromatic heterocycles. The van der Waals surface area contributed by atoms with Crippen molar-refractivity contribution >= 4 is 50.5 Å². The number of hydrogen-bond acceptors (Lipinski definition) is 7. The topological polar surface area (TPSA) is 111 Å². The second-order valence-electron chi connectivity index (χ2n) is 9.11. The van der Waals surface area contributed by atoms with Crippen molar-refractivity contribution in [2.75, 3.05) is 17.1 Å². The Morgan fingerprint density at radius 3 is 2.52 bits per heavy atom. The zero-order valence-electron chi connectivity index (χ0n) is 20.9. The molecule has 6 rings (SSSR count). The minimum atomic E-state index is -4.33. The Morgan fingerprint density at radius 2 is 1.80 bits per heavy atom. The number of halogens is 3. The fourth-order valence-corrected chi connectivity index (χ4v) is 6.49. The molecule has 0 aliphatic heterocycles. The fraction of sp³-hybridized carbons (Fsp3) is 0.148. The van der Waals surface area contributed by atoms with Crippen LogP contribution in [0.25, 0.3) is 28.3 Å². The molecule has 0 atom stereocenters. The summed E-state index contributed by atoms with van der Waals surface area (Å²) in [6.45, 7) is 0. The van der Waals surface area contributed by atoms with Crippen LogP contribution in [0.15, 0.2) is 71.9 Å². The van der Waals surface area contributed by atoms with E-state index < -0.39 is 15.8 Å². The lowest BCUT2D eigenvalue weighted by atomic mass is 10.1. The molecule has 13 heteroatoms. The standard InChI is InChI=1S/C27H21Cl2FN6O3S/c1-39-16-11-13-36-22(14-16)34-24(25(36)21-10-12-31-27(33-21)32-15-8-9-15)17-4-2-7-20(23(17)30)35-40(37,38)26-18(28)5-3-6-19(26)29/h2-7,10-15,35H,8-9H2,1H3,(H,31,32,33). The van der Waals surface area contributed by atoms with E-state index in [2.05, 4.69) is 20.0 Å². The van der Waals surface area contributed by atoms with Crippen LogP contribution in [0.1, 0.15) is 12.8 Å². The normalized spacial score (nSPS) is 13.4. The molecular weight excluding hydrogens is 578 g/mol. The zero-order valence-corrected chi connectivity index (χ0v) is 23.2.